The quantitative estimate of drug-likeness (QED) is 0.364. The zero-order valence-electron chi connectivity index (χ0n) is 10.8. The van der Waals surface area contributed by atoms with Crippen molar-refractivity contribution in [3.05, 3.63) is 29.1 Å². The number of alkyl halides is 2. The van der Waals surface area contributed by atoms with Crippen LogP contribution in [0.2, 0.25) is 0 Å². The van der Waals surface area contributed by atoms with Crippen molar-refractivity contribution in [1.29, 1.82) is 0 Å². The molecule has 0 radical (unpaired) electrons. The molecule has 3 nitrogen and oxygen atoms in total. The Kier molecular flexibility index (Phi) is 3.87. The highest BCUT2D eigenvalue weighted by Crippen LogP contribution is 2.69. The molecule has 116 valence electrons. The van der Waals surface area contributed by atoms with Crippen LogP contribution in [0.3, 0.4) is 0 Å². The second-order valence-electron chi connectivity index (χ2n) is 5.19. The van der Waals surface area contributed by atoms with Crippen LogP contribution in [0.25, 0.3) is 0 Å². The summed E-state index contributed by atoms with van der Waals surface area (Å²) in [4.78, 5) is 14.2. The van der Waals surface area contributed by atoms with Crippen molar-refractivity contribution >= 4 is 29.2 Å². The number of ether oxygens (including phenoxy) is 1. The van der Waals surface area contributed by atoms with E-state index in [1.165, 1.54) is 0 Å². The number of esters is 1. The Hall–Kier alpha value is -1.08. The van der Waals surface area contributed by atoms with E-state index in [1.54, 1.807) is 13.8 Å². The summed E-state index contributed by atoms with van der Waals surface area (Å²) < 4.78 is 55.7. The topological polar surface area (TPSA) is 39.2 Å². The molecule has 1 atom stereocenters. The first-order valence-corrected chi connectivity index (χ1v) is 6.50. The smallest absolute Gasteiger partial charge is 0.313 e. The summed E-state index contributed by atoms with van der Waals surface area (Å²) in [6, 6.07) is 0. The van der Waals surface area contributed by atoms with Gasteiger partial charge in [-0.2, -0.15) is 13.8 Å². The summed E-state index contributed by atoms with van der Waals surface area (Å²) in [6.45, 7) is 2.21. The molecule has 1 aliphatic carbocycles. The number of carbonyl (C=O) groups excluding carboxylic acids is 1. The van der Waals surface area contributed by atoms with E-state index in [4.69, 9.17) is 23.2 Å². The van der Waals surface area contributed by atoms with E-state index in [9.17, 15) is 22.4 Å². The number of rotatable bonds is 3. The molecule has 0 saturated heterocycles. The zero-order chi connectivity index (χ0) is 16.2. The van der Waals surface area contributed by atoms with Crippen LogP contribution in [0.15, 0.2) is 0 Å². The highest BCUT2D eigenvalue weighted by atomic mass is 35.5. The molecule has 1 aromatic heterocycles. The van der Waals surface area contributed by atoms with Gasteiger partial charge in [0, 0.05) is 5.41 Å². The lowest BCUT2D eigenvalue weighted by molar-refractivity contribution is -0.147. The van der Waals surface area contributed by atoms with Gasteiger partial charge in [-0.1, -0.05) is 13.8 Å². The average molecular weight is 346 g/mol. The predicted octanol–water partition coefficient (Wildman–Crippen LogP) is 3.51. The highest BCUT2D eigenvalue weighted by molar-refractivity contribution is 6.53. The SMILES string of the molecule is CC1(C)C(C(=O)OCc2c(F)c(F)nc(F)c2F)C1(Cl)Cl. The molecule has 1 unspecified atom stereocenters. The lowest BCUT2D eigenvalue weighted by Gasteiger charge is -2.08. The molecule has 2 rings (SSSR count). The standard InChI is InChI=1S/C12H9Cl2F4NO2/c1-11(2)7(12(11,13)14)10(20)21-3-4-5(15)8(17)19-9(18)6(4)16/h7H,3H2,1-2H3. The molecule has 1 aromatic rings. The van der Waals surface area contributed by atoms with Crippen LogP contribution < -0.4 is 0 Å². The third-order valence-corrected chi connectivity index (χ3v) is 4.95. The van der Waals surface area contributed by atoms with Crippen molar-refractivity contribution in [2.75, 3.05) is 0 Å². The third kappa shape index (κ3) is 2.46. The van der Waals surface area contributed by atoms with E-state index in [-0.39, 0.29) is 0 Å². The van der Waals surface area contributed by atoms with Gasteiger partial charge >= 0.3 is 5.97 Å². The first-order valence-electron chi connectivity index (χ1n) is 5.75. The number of hydrogen-bond acceptors (Lipinski definition) is 3. The molecule has 1 fully saturated rings. The summed E-state index contributed by atoms with van der Waals surface area (Å²) in [7, 11) is 0. The van der Waals surface area contributed by atoms with Crippen LogP contribution in [0.5, 0.6) is 0 Å². The summed E-state index contributed by atoms with van der Waals surface area (Å²) in [5.74, 6) is -8.91. The molecule has 0 aliphatic heterocycles. The Morgan fingerprint density at radius 3 is 2.00 bits per heavy atom. The fourth-order valence-electron chi connectivity index (χ4n) is 1.98. The molecule has 21 heavy (non-hydrogen) atoms. The third-order valence-electron chi connectivity index (χ3n) is 3.54. The number of carbonyl (C=O) groups is 1. The maximum Gasteiger partial charge on any atom is 0.313 e. The molecule has 1 aliphatic rings. The van der Waals surface area contributed by atoms with E-state index in [0.29, 0.717) is 0 Å². The van der Waals surface area contributed by atoms with E-state index >= 15 is 0 Å². The van der Waals surface area contributed by atoms with E-state index in [0.717, 1.165) is 0 Å². The minimum Gasteiger partial charge on any atom is -0.460 e. The molecule has 0 spiro atoms. The van der Waals surface area contributed by atoms with E-state index in [2.05, 4.69) is 9.72 Å². The van der Waals surface area contributed by atoms with Gasteiger partial charge in [-0.05, 0) is 0 Å². The lowest BCUT2D eigenvalue weighted by Crippen LogP contribution is -2.14. The van der Waals surface area contributed by atoms with Crippen LogP contribution in [0.4, 0.5) is 17.6 Å². The molecular weight excluding hydrogens is 337 g/mol. The van der Waals surface area contributed by atoms with Crippen molar-refractivity contribution in [3.63, 3.8) is 0 Å². The van der Waals surface area contributed by atoms with Gasteiger partial charge < -0.3 is 4.74 Å². The number of halogens is 6. The largest absolute Gasteiger partial charge is 0.460 e. The van der Waals surface area contributed by atoms with Crippen molar-refractivity contribution in [2.24, 2.45) is 11.3 Å². The average Bonchev–Trinajstić information content (AvgIpc) is 2.77. The van der Waals surface area contributed by atoms with Crippen molar-refractivity contribution in [2.45, 2.75) is 24.8 Å². The Morgan fingerprint density at radius 2 is 1.62 bits per heavy atom. The van der Waals surface area contributed by atoms with Gasteiger partial charge in [-0.3, -0.25) is 4.79 Å². The Bertz CT molecular complexity index is 582. The van der Waals surface area contributed by atoms with E-state index < -0.39 is 57.3 Å². The number of aromatic nitrogens is 1. The fourth-order valence-corrected chi connectivity index (χ4v) is 2.82. The van der Waals surface area contributed by atoms with Crippen LogP contribution in [0, 0.1) is 34.9 Å². The normalized spacial score (nSPS) is 22.0. The predicted molar refractivity (Wildman–Crippen MR) is 65.6 cm³/mol. The molecule has 9 heteroatoms. The molecular formula is C12H9Cl2F4NO2. The molecule has 0 aromatic carbocycles. The first-order chi connectivity index (χ1) is 9.51. The number of nitrogens with zero attached hydrogens (tertiary/aromatic N) is 1. The summed E-state index contributed by atoms with van der Waals surface area (Å²) in [6.07, 6.45) is 0. The van der Waals surface area contributed by atoms with Crippen molar-refractivity contribution in [1.82, 2.24) is 4.98 Å². The van der Waals surface area contributed by atoms with Gasteiger partial charge in [0.2, 0.25) is 0 Å². The molecule has 1 heterocycles. The van der Waals surface area contributed by atoms with Gasteiger partial charge in [0.05, 0.1) is 11.5 Å². The van der Waals surface area contributed by atoms with Crippen LogP contribution in [-0.2, 0) is 16.1 Å². The lowest BCUT2D eigenvalue weighted by atomic mass is 10.1. The van der Waals surface area contributed by atoms with Crippen LogP contribution >= 0.6 is 23.2 Å². The van der Waals surface area contributed by atoms with E-state index in [1.807, 2.05) is 0 Å². The Balaban J connectivity index is 2.14. The van der Waals surface area contributed by atoms with Gasteiger partial charge in [0.1, 0.15) is 10.9 Å². The maximum absolute atomic E-state index is 13.3. The molecule has 0 amide bonds. The number of pyridine rings is 1. The van der Waals surface area contributed by atoms with Crippen molar-refractivity contribution in [3.8, 4) is 0 Å². The Labute approximate surface area is 127 Å². The van der Waals surface area contributed by atoms with Gasteiger partial charge in [0.15, 0.2) is 11.6 Å². The molecule has 1 saturated carbocycles. The van der Waals surface area contributed by atoms with Gasteiger partial charge in [-0.25, -0.2) is 8.78 Å². The Morgan fingerprint density at radius 1 is 1.19 bits per heavy atom. The first kappa shape index (κ1) is 16.3. The minimum atomic E-state index is -1.82. The summed E-state index contributed by atoms with van der Waals surface area (Å²) in [5.41, 5.74) is -1.85. The molecule has 0 N–H and O–H groups in total. The molecule has 0 bridgehead atoms. The fraction of sp³-hybridized carbons (Fsp3) is 0.500. The van der Waals surface area contributed by atoms with Gasteiger partial charge in [-0.15, -0.1) is 23.2 Å². The number of hydrogen-bond donors (Lipinski definition) is 0. The second-order valence-corrected chi connectivity index (χ2v) is 6.57. The van der Waals surface area contributed by atoms with Gasteiger partial charge in [0.25, 0.3) is 11.9 Å². The van der Waals surface area contributed by atoms with Crippen LogP contribution in [-0.4, -0.2) is 15.3 Å². The highest BCUT2D eigenvalue weighted by Gasteiger charge is 2.74. The van der Waals surface area contributed by atoms with Crippen LogP contribution in [0.1, 0.15) is 19.4 Å². The van der Waals surface area contributed by atoms with Crippen molar-refractivity contribution < 1.29 is 27.1 Å². The summed E-state index contributed by atoms with van der Waals surface area (Å²) in [5, 5.41) is 0. The maximum atomic E-state index is 13.3. The second kappa shape index (κ2) is 4.98. The minimum absolute atomic E-state index is 0.779. The monoisotopic (exact) mass is 345 g/mol. The summed E-state index contributed by atoms with van der Waals surface area (Å²) >= 11 is 11.7. The zero-order valence-corrected chi connectivity index (χ0v) is 12.3.